The minimum Gasteiger partial charge on any atom is -0.396 e. The molecule has 1 atom stereocenters. The lowest BCUT2D eigenvalue weighted by Crippen LogP contribution is -2.57. The van der Waals surface area contributed by atoms with Gasteiger partial charge in [0.15, 0.2) is 0 Å². The van der Waals surface area contributed by atoms with Crippen molar-refractivity contribution in [3.8, 4) is 0 Å². The Kier molecular flexibility index (Phi) is 5.18. The maximum atomic E-state index is 9.57. The lowest BCUT2D eigenvalue weighted by atomic mass is 9.92. The zero-order valence-corrected chi connectivity index (χ0v) is 15.0. The average Bonchev–Trinajstić information content (AvgIpc) is 2.68. The molecule has 134 valence electrons. The van der Waals surface area contributed by atoms with E-state index >= 15 is 0 Å². The van der Waals surface area contributed by atoms with Gasteiger partial charge in [0.1, 0.15) is 5.82 Å². The van der Waals surface area contributed by atoms with Crippen LogP contribution in [0.5, 0.6) is 0 Å². The summed E-state index contributed by atoms with van der Waals surface area (Å²) in [5, 5.41) is 10.8. The van der Waals surface area contributed by atoms with Gasteiger partial charge in [-0.05, 0) is 37.5 Å². The molecule has 4 nitrogen and oxygen atoms in total. The van der Waals surface area contributed by atoms with E-state index < -0.39 is 0 Å². The Bertz CT molecular complexity index is 698. The second-order valence-corrected chi connectivity index (χ2v) is 7.50. The van der Waals surface area contributed by atoms with Crippen molar-refractivity contribution in [3.05, 3.63) is 36.4 Å². The lowest BCUT2D eigenvalue weighted by Gasteiger charge is -2.46. The molecular formula is C21H29N3O. The van der Waals surface area contributed by atoms with Crippen molar-refractivity contribution in [3.63, 3.8) is 0 Å². The topological polar surface area (TPSA) is 39.6 Å². The van der Waals surface area contributed by atoms with Crippen molar-refractivity contribution in [1.29, 1.82) is 0 Å². The fourth-order valence-corrected chi connectivity index (χ4v) is 4.61. The van der Waals surface area contributed by atoms with E-state index in [4.69, 9.17) is 4.98 Å². The maximum Gasteiger partial charge on any atom is 0.129 e. The summed E-state index contributed by atoms with van der Waals surface area (Å²) in [7, 11) is 0. The van der Waals surface area contributed by atoms with Crippen molar-refractivity contribution < 1.29 is 5.11 Å². The summed E-state index contributed by atoms with van der Waals surface area (Å²) in [6, 6.07) is 13.8. The zero-order valence-electron chi connectivity index (χ0n) is 15.0. The molecule has 0 unspecified atom stereocenters. The highest BCUT2D eigenvalue weighted by atomic mass is 16.3. The van der Waals surface area contributed by atoms with E-state index in [1.807, 2.05) is 0 Å². The molecule has 4 heteroatoms. The van der Waals surface area contributed by atoms with E-state index in [1.165, 1.54) is 37.5 Å². The fraction of sp³-hybridized carbons (Fsp3) is 0.571. The van der Waals surface area contributed by atoms with Gasteiger partial charge in [0.25, 0.3) is 0 Å². The van der Waals surface area contributed by atoms with Crippen LogP contribution in [0.25, 0.3) is 10.9 Å². The molecule has 1 saturated carbocycles. The van der Waals surface area contributed by atoms with E-state index in [9.17, 15) is 5.11 Å². The van der Waals surface area contributed by atoms with E-state index in [-0.39, 0.29) is 6.61 Å². The van der Waals surface area contributed by atoms with Gasteiger partial charge in [0.2, 0.25) is 0 Å². The Balaban J connectivity index is 1.51. The van der Waals surface area contributed by atoms with Gasteiger partial charge in [-0.3, -0.25) is 4.90 Å². The van der Waals surface area contributed by atoms with Crippen molar-refractivity contribution in [2.45, 2.75) is 50.6 Å². The van der Waals surface area contributed by atoms with Crippen molar-refractivity contribution in [2.24, 2.45) is 0 Å². The van der Waals surface area contributed by atoms with Crippen LogP contribution in [0.1, 0.15) is 38.5 Å². The molecule has 1 aliphatic carbocycles. The summed E-state index contributed by atoms with van der Waals surface area (Å²) in [5.74, 6) is 1.07. The SMILES string of the molecule is OCC[C@@H]1CN(c2ccc3ccccc3n2)CCN1C1CCCCC1. The third kappa shape index (κ3) is 3.65. The first kappa shape index (κ1) is 16.8. The number of benzene rings is 1. The minimum atomic E-state index is 0.271. The number of hydrogen-bond acceptors (Lipinski definition) is 4. The number of pyridine rings is 1. The predicted molar refractivity (Wildman–Crippen MR) is 103 cm³/mol. The highest BCUT2D eigenvalue weighted by Crippen LogP contribution is 2.28. The lowest BCUT2D eigenvalue weighted by molar-refractivity contribution is 0.0756. The number of aromatic nitrogens is 1. The van der Waals surface area contributed by atoms with Gasteiger partial charge in [-0.2, -0.15) is 0 Å². The number of fused-ring (bicyclic) bond motifs is 1. The van der Waals surface area contributed by atoms with Crippen LogP contribution in [0.3, 0.4) is 0 Å². The quantitative estimate of drug-likeness (QED) is 0.926. The van der Waals surface area contributed by atoms with E-state index in [0.717, 1.165) is 43.4 Å². The number of para-hydroxylation sites is 1. The molecule has 0 spiro atoms. The van der Waals surface area contributed by atoms with Crippen molar-refractivity contribution in [2.75, 3.05) is 31.1 Å². The van der Waals surface area contributed by atoms with Gasteiger partial charge >= 0.3 is 0 Å². The van der Waals surface area contributed by atoms with Gasteiger partial charge < -0.3 is 10.0 Å². The molecule has 4 rings (SSSR count). The Morgan fingerprint density at radius 1 is 1.00 bits per heavy atom. The molecule has 2 aliphatic rings. The number of aliphatic hydroxyl groups is 1. The highest BCUT2D eigenvalue weighted by molar-refractivity contribution is 5.80. The molecule has 25 heavy (non-hydrogen) atoms. The summed E-state index contributed by atoms with van der Waals surface area (Å²) >= 11 is 0. The largest absolute Gasteiger partial charge is 0.396 e. The number of hydrogen-bond donors (Lipinski definition) is 1. The number of aliphatic hydroxyl groups excluding tert-OH is 1. The highest BCUT2D eigenvalue weighted by Gasteiger charge is 2.32. The van der Waals surface area contributed by atoms with E-state index in [1.54, 1.807) is 0 Å². The molecular weight excluding hydrogens is 310 g/mol. The summed E-state index contributed by atoms with van der Waals surface area (Å²) < 4.78 is 0. The van der Waals surface area contributed by atoms with Gasteiger partial charge in [-0.1, -0.05) is 37.5 Å². The first-order valence-corrected chi connectivity index (χ1v) is 9.82. The Morgan fingerprint density at radius 2 is 1.84 bits per heavy atom. The van der Waals surface area contributed by atoms with Gasteiger partial charge in [0, 0.05) is 43.7 Å². The van der Waals surface area contributed by atoms with Gasteiger partial charge in [-0.15, -0.1) is 0 Å². The van der Waals surface area contributed by atoms with Gasteiger partial charge in [-0.25, -0.2) is 4.98 Å². The van der Waals surface area contributed by atoms with Crippen LogP contribution in [0, 0.1) is 0 Å². The molecule has 0 bridgehead atoms. The van der Waals surface area contributed by atoms with Crippen LogP contribution in [0.2, 0.25) is 0 Å². The molecule has 1 aromatic carbocycles. The number of piperazine rings is 1. The Hall–Kier alpha value is -1.65. The molecule has 1 N–H and O–H groups in total. The van der Waals surface area contributed by atoms with Crippen LogP contribution >= 0.6 is 0 Å². The molecule has 1 saturated heterocycles. The summed E-state index contributed by atoms with van der Waals surface area (Å²) in [6.45, 7) is 3.36. The fourth-order valence-electron chi connectivity index (χ4n) is 4.61. The van der Waals surface area contributed by atoms with Crippen LogP contribution in [0.15, 0.2) is 36.4 Å². The van der Waals surface area contributed by atoms with E-state index in [0.29, 0.717) is 6.04 Å². The van der Waals surface area contributed by atoms with Gasteiger partial charge in [0.05, 0.1) is 5.52 Å². The number of anilines is 1. The first-order valence-electron chi connectivity index (χ1n) is 9.82. The second kappa shape index (κ2) is 7.71. The molecule has 2 heterocycles. The average molecular weight is 339 g/mol. The summed E-state index contributed by atoms with van der Waals surface area (Å²) in [5.41, 5.74) is 1.06. The second-order valence-electron chi connectivity index (χ2n) is 7.50. The van der Waals surface area contributed by atoms with Crippen molar-refractivity contribution >= 4 is 16.7 Å². The molecule has 2 aromatic rings. The maximum absolute atomic E-state index is 9.57. The van der Waals surface area contributed by atoms with Crippen LogP contribution < -0.4 is 4.90 Å². The summed E-state index contributed by atoms with van der Waals surface area (Å²) in [4.78, 5) is 9.97. The third-order valence-electron chi connectivity index (χ3n) is 5.94. The number of nitrogens with zero attached hydrogens (tertiary/aromatic N) is 3. The molecule has 1 aliphatic heterocycles. The summed E-state index contributed by atoms with van der Waals surface area (Å²) in [6.07, 6.45) is 7.64. The smallest absolute Gasteiger partial charge is 0.129 e. The molecule has 1 aromatic heterocycles. The van der Waals surface area contributed by atoms with Crippen LogP contribution in [-0.4, -0.2) is 53.3 Å². The third-order valence-corrected chi connectivity index (χ3v) is 5.94. The molecule has 0 amide bonds. The van der Waals surface area contributed by atoms with Crippen LogP contribution in [0.4, 0.5) is 5.82 Å². The first-order chi connectivity index (χ1) is 12.3. The van der Waals surface area contributed by atoms with E-state index in [2.05, 4.69) is 46.2 Å². The van der Waals surface area contributed by atoms with Crippen LogP contribution in [-0.2, 0) is 0 Å². The molecule has 2 fully saturated rings. The zero-order chi connectivity index (χ0) is 17.1. The van der Waals surface area contributed by atoms with Crippen molar-refractivity contribution in [1.82, 2.24) is 9.88 Å². The normalized spacial score (nSPS) is 23.2. The Morgan fingerprint density at radius 3 is 2.68 bits per heavy atom. The Labute approximate surface area is 150 Å². The minimum absolute atomic E-state index is 0.271. The molecule has 0 radical (unpaired) electrons. The number of rotatable bonds is 4. The monoisotopic (exact) mass is 339 g/mol. The standard InChI is InChI=1S/C21H29N3O/c25-15-12-19-16-23(13-14-24(19)18-7-2-1-3-8-18)21-11-10-17-6-4-5-9-20(17)22-21/h4-6,9-11,18-19,25H,1-3,7-8,12-16H2/t19-/m1/s1. The predicted octanol–water partition coefficient (Wildman–Crippen LogP) is 3.44.